The lowest BCUT2D eigenvalue weighted by atomic mass is 10.1. The second-order valence-electron chi connectivity index (χ2n) is 3.04. The Morgan fingerprint density at radius 2 is 2.43 bits per heavy atom. The largest absolute Gasteiger partial charge is 0.493 e. The van der Waals surface area contributed by atoms with E-state index in [0.29, 0.717) is 0 Å². The van der Waals surface area contributed by atoms with Crippen LogP contribution >= 0.6 is 0 Å². The van der Waals surface area contributed by atoms with Gasteiger partial charge < -0.3 is 9.47 Å². The first-order valence-electron chi connectivity index (χ1n) is 4.40. The number of ether oxygens (including phenoxy) is 2. The molecule has 0 unspecified atom stereocenters. The Hall–Kier alpha value is -1.71. The number of carbonyl (C=O) groups is 1. The summed E-state index contributed by atoms with van der Waals surface area (Å²) in [6.45, 7) is 0.719. The molecule has 1 heterocycles. The number of hydrogen-bond donors (Lipinski definition) is 1. The van der Waals surface area contributed by atoms with Crippen LogP contribution in [0.1, 0.15) is 5.56 Å². The monoisotopic (exact) mass is 193 g/mol. The quantitative estimate of drug-likeness (QED) is 0.739. The molecule has 0 saturated carbocycles. The normalized spacial score (nSPS) is 12.9. The topological polar surface area (TPSA) is 47.6 Å². The number of amides is 1. The highest BCUT2D eigenvalue weighted by atomic mass is 16.5. The number of rotatable bonds is 1. The standard InChI is InChI=1S/C10H11NO3/c1-13-10(12)11-8-2-3-9-7(6-8)4-5-14-9/h2-3,6H,4-5H2,1H3,(H,11,12). The molecule has 1 amide bonds. The number of nitrogens with one attached hydrogen (secondary N) is 1. The van der Waals surface area contributed by atoms with Crippen LogP contribution in [0.5, 0.6) is 5.75 Å². The van der Waals surface area contributed by atoms with Gasteiger partial charge in [0.25, 0.3) is 0 Å². The summed E-state index contributed by atoms with van der Waals surface area (Å²) in [5, 5.41) is 2.60. The summed E-state index contributed by atoms with van der Waals surface area (Å²) in [4.78, 5) is 10.9. The van der Waals surface area contributed by atoms with Gasteiger partial charge in [0, 0.05) is 12.1 Å². The van der Waals surface area contributed by atoms with Crippen molar-refractivity contribution in [2.75, 3.05) is 19.0 Å². The molecule has 0 saturated heterocycles. The van der Waals surface area contributed by atoms with Crippen molar-refractivity contribution < 1.29 is 14.3 Å². The molecule has 0 atom stereocenters. The van der Waals surface area contributed by atoms with Gasteiger partial charge in [-0.1, -0.05) is 0 Å². The van der Waals surface area contributed by atoms with Crippen molar-refractivity contribution >= 4 is 11.8 Å². The van der Waals surface area contributed by atoms with Crippen LogP contribution in [0.25, 0.3) is 0 Å². The van der Waals surface area contributed by atoms with Gasteiger partial charge in [0.15, 0.2) is 0 Å². The summed E-state index contributed by atoms with van der Waals surface area (Å²) in [6.07, 6.45) is 0.440. The van der Waals surface area contributed by atoms with Gasteiger partial charge in [0.1, 0.15) is 5.75 Å². The first-order chi connectivity index (χ1) is 6.79. The van der Waals surface area contributed by atoms with E-state index in [1.807, 2.05) is 12.1 Å². The Morgan fingerprint density at radius 1 is 1.57 bits per heavy atom. The molecule has 1 N–H and O–H groups in total. The average Bonchev–Trinajstić information content (AvgIpc) is 2.64. The molecule has 1 aliphatic rings. The van der Waals surface area contributed by atoms with Crippen molar-refractivity contribution in [1.29, 1.82) is 0 Å². The van der Waals surface area contributed by atoms with Gasteiger partial charge in [-0.3, -0.25) is 5.32 Å². The Kier molecular flexibility index (Phi) is 2.26. The minimum absolute atomic E-state index is 0.455. The highest BCUT2D eigenvalue weighted by Gasteiger charge is 2.12. The third-order valence-corrected chi connectivity index (χ3v) is 2.12. The lowest BCUT2D eigenvalue weighted by Crippen LogP contribution is -2.10. The summed E-state index contributed by atoms with van der Waals surface area (Å²) < 4.78 is 9.83. The van der Waals surface area contributed by atoms with Crippen molar-refractivity contribution in [3.8, 4) is 5.75 Å². The summed E-state index contributed by atoms with van der Waals surface area (Å²) in [7, 11) is 1.34. The van der Waals surface area contributed by atoms with Gasteiger partial charge in [-0.05, 0) is 23.8 Å². The molecule has 4 nitrogen and oxygen atoms in total. The van der Waals surface area contributed by atoms with E-state index >= 15 is 0 Å². The van der Waals surface area contributed by atoms with E-state index in [1.54, 1.807) is 6.07 Å². The zero-order valence-electron chi connectivity index (χ0n) is 7.87. The number of benzene rings is 1. The highest BCUT2D eigenvalue weighted by molar-refractivity contribution is 5.84. The molecular weight excluding hydrogens is 182 g/mol. The van der Waals surface area contributed by atoms with Crippen LogP contribution in [-0.2, 0) is 11.2 Å². The van der Waals surface area contributed by atoms with E-state index in [0.717, 1.165) is 30.0 Å². The van der Waals surface area contributed by atoms with Gasteiger partial charge in [-0.25, -0.2) is 4.79 Å². The smallest absolute Gasteiger partial charge is 0.411 e. The van der Waals surface area contributed by atoms with Crippen molar-refractivity contribution in [2.24, 2.45) is 0 Å². The van der Waals surface area contributed by atoms with Crippen molar-refractivity contribution in [2.45, 2.75) is 6.42 Å². The van der Waals surface area contributed by atoms with Crippen LogP contribution in [-0.4, -0.2) is 19.8 Å². The Labute approximate surface area is 81.8 Å². The number of fused-ring (bicyclic) bond motifs is 1. The second-order valence-corrected chi connectivity index (χ2v) is 3.04. The highest BCUT2D eigenvalue weighted by Crippen LogP contribution is 2.27. The fourth-order valence-corrected chi connectivity index (χ4v) is 1.43. The number of carbonyl (C=O) groups excluding carboxylic acids is 1. The molecule has 0 aromatic heterocycles. The van der Waals surface area contributed by atoms with Gasteiger partial charge in [-0.15, -0.1) is 0 Å². The van der Waals surface area contributed by atoms with Crippen LogP contribution in [0.2, 0.25) is 0 Å². The lowest BCUT2D eigenvalue weighted by Gasteiger charge is -2.04. The van der Waals surface area contributed by atoms with Gasteiger partial charge in [0.05, 0.1) is 13.7 Å². The maximum atomic E-state index is 10.9. The maximum absolute atomic E-state index is 10.9. The predicted molar refractivity (Wildman–Crippen MR) is 51.7 cm³/mol. The number of methoxy groups -OCH3 is 1. The van der Waals surface area contributed by atoms with Gasteiger partial charge in [-0.2, -0.15) is 0 Å². The Morgan fingerprint density at radius 3 is 3.21 bits per heavy atom. The Bertz CT molecular complexity index is 362. The van der Waals surface area contributed by atoms with E-state index in [2.05, 4.69) is 10.1 Å². The average molecular weight is 193 g/mol. The molecule has 0 fully saturated rings. The summed E-state index contributed by atoms with van der Waals surface area (Å²) in [5.74, 6) is 0.903. The van der Waals surface area contributed by atoms with Crippen LogP contribution in [0.3, 0.4) is 0 Å². The summed E-state index contributed by atoms with van der Waals surface area (Å²) in [6, 6.07) is 5.55. The molecule has 0 radical (unpaired) electrons. The minimum Gasteiger partial charge on any atom is -0.493 e. The molecule has 2 rings (SSSR count). The number of anilines is 1. The van der Waals surface area contributed by atoms with Crippen molar-refractivity contribution in [3.05, 3.63) is 23.8 Å². The molecule has 0 spiro atoms. The minimum atomic E-state index is -0.455. The predicted octanol–water partition coefficient (Wildman–Crippen LogP) is 1.80. The fraction of sp³-hybridized carbons (Fsp3) is 0.300. The molecule has 1 aromatic carbocycles. The van der Waals surface area contributed by atoms with E-state index in [9.17, 15) is 4.79 Å². The van der Waals surface area contributed by atoms with Crippen LogP contribution in [0.15, 0.2) is 18.2 Å². The molecular formula is C10H11NO3. The van der Waals surface area contributed by atoms with Crippen molar-refractivity contribution in [3.63, 3.8) is 0 Å². The first-order valence-corrected chi connectivity index (χ1v) is 4.40. The molecule has 0 bridgehead atoms. The second kappa shape index (κ2) is 3.57. The van der Waals surface area contributed by atoms with Gasteiger partial charge in [0.2, 0.25) is 0 Å². The molecule has 1 aromatic rings. The molecule has 0 aliphatic carbocycles. The van der Waals surface area contributed by atoms with Crippen LogP contribution in [0.4, 0.5) is 10.5 Å². The van der Waals surface area contributed by atoms with Gasteiger partial charge >= 0.3 is 6.09 Å². The van der Waals surface area contributed by atoms with Crippen molar-refractivity contribution in [1.82, 2.24) is 0 Å². The van der Waals surface area contributed by atoms with E-state index in [4.69, 9.17) is 4.74 Å². The zero-order valence-corrected chi connectivity index (χ0v) is 7.87. The summed E-state index contributed by atoms with van der Waals surface area (Å²) >= 11 is 0. The Balaban J connectivity index is 2.16. The number of hydrogen-bond acceptors (Lipinski definition) is 3. The SMILES string of the molecule is COC(=O)Nc1ccc2c(c1)CCO2. The molecule has 4 heteroatoms. The van der Waals surface area contributed by atoms with Crippen LogP contribution in [0, 0.1) is 0 Å². The molecule has 14 heavy (non-hydrogen) atoms. The van der Waals surface area contributed by atoms with Crippen LogP contribution < -0.4 is 10.1 Å². The third-order valence-electron chi connectivity index (χ3n) is 2.12. The first kappa shape index (κ1) is 8.87. The maximum Gasteiger partial charge on any atom is 0.411 e. The zero-order chi connectivity index (χ0) is 9.97. The molecule has 1 aliphatic heterocycles. The fourth-order valence-electron chi connectivity index (χ4n) is 1.43. The summed E-state index contributed by atoms with van der Waals surface area (Å²) in [5.41, 5.74) is 1.86. The van der Waals surface area contributed by atoms with E-state index in [1.165, 1.54) is 7.11 Å². The van der Waals surface area contributed by atoms with E-state index < -0.39 is 6.09 Å². The van der Waals surface area contributed by atoms with E-state index in [-0.39, 0.29) is 0 Å². The molecule has 74 valence electrons. The third kappa shape index (κ3) is 1.64. The lowest BCUT2D eigenvalue weighted by molar-refractivity contribution is 0.187.